The maximum absolute atomic E-state index is 10.7. The molecule has 5 heteroatoms. The SMILES string of the molecule is NC(N=C(N=Cc1ccccc1)c1ccc(-n2c3ccc(-c4ccccc4)cc3c3ccc(-c4ccccc4O)cc32)cc1)c1ccccc1. The molecule has 8 rings (SSSR count). The van der Waals surface area contributed by atoms with Gasteiger partial charge in [0.1, 0.15) is 11.9 Å². The lowest BCUT2D eigenvalue weighted by molar-refractivity contribution is 0.477. The van der Waals surface area contributed by atoms with Gasteiger partial charge in [0.05, 0.1) is 11.0 Å². The van der Waals surface area contributed by atoms with Gasteiger partial charge in [0.2, 0.25) is 0 Å². The van der Waals surface area contributed by atoms with Crippen LogP contribution in [0.15, 0.2) is 186 Å². The number of phenols is 1. The van der Waals surface area contributed by atoms with E-state index >= 15 is 0 Å². The van der Waals surface area contributed by atoms with Gasteiger partial charge >= 0.3 is 0 Å². The third-order valence-electron chi connectivity index (χ3n) is 9.01. The number of hydrogen-bond donors (Lipinski definition) is 2. The summed E-state index contributed by atoms with van der Waals surface area (Å²) in [5.74, 6) is 0.801. The molecule has 3 N–H and O–H groups in total. The number of aromatic nitrogens is 1. The van der Waals surface area contributed by atoms with Gasteiger partial charge in [-0.05, 0) is 76.3 Å². The molecule has 5 nitrogen and oxygen atoms in total. The second kappa shape index (κ2) is 13.5. The van der Waals surface area contributed by atoms with Crippen LogP contribution in [-0.4, -0.2) is 21.7 Å². The van der Waals surface area contributed by atoms with E-state index in [-0.39, 0.29) is 5.75 Å². The first-order chi connectivity index (χ1) is 24.6. The van der Waals surface area contributed by atoms with E-state index in [1.807, 2.05) is 91.1 Å². The summed E-state index contributed by atoms with van der Waals surface area (Å²) < 4.78 is 2.28. The molecule has 1 atom stereocenters. The van der Waals surface area contributed by atoms with Crippen molar-refractivity contribution in [1.29, 1.82) is 0 Å². The molecule has 1 aromatic heterocycles. The van der Waals surface area contributed by atoms with E-state index in [9.17, 15) is 5.11 Å². The summed E-state index contributed by atoms with van der Waals surface area (Å²) >= 11 is 0. The molecule has 0 saturated carbocycles. The van der Waals surface area contributed by atoms with Crippen LogP contribution in [0.4, 0.5) is 0 Å². The van der Waals surface area contributed by atoms with Crippen LogP contribution in [0.2, 0.25) is 0 Å². The van der Waals surface area contributed by atoms with Gasteiger partial charge in [-0.15, -0.1) is 0 Å². The van der Waals surface area contributed by atoms with Crippen molar-refractivity contribution in [3.63, 3.8) is 0 Å². The minimum Gasteiger partial charge on any atom is -0.507 e. The molecule has 0 aliphatic carbocycles. The van der Waals surface area contributed by atoms with Crippen LogP contribution in [0.5, 0.6) is 5.75 Å². The molecule has 0 aliphatic heterocycles. The van der Waals surface area contributed by atoms with Crippen molar-refractivity contribution >= 4 is 33.9 Å². The Labute approximate surface area is 291 Å². The fourth-order valence-electron chi connectivity index (χ4n) is 6.47. The average molecular weight is 647 g/mol. The molecule has 50 heavy (non-hydrogen) atoms. The predicted molar refractivity (Wildman–Crippen MR) is 207 cm³/mol. The molecule has 0 fully saturated rings. The van der Waals surface area contributed by atoms with E-state index in [1.54, 1.807) is 6.07 Å². The molecular formula is C45H34N4O. The van der Waals surface area contributed by atoms with Gasteiger partial charge in [0.25, 0.3) is 0 Å². The number of benzene rings is 7. The minimum absolute atomic E-state index is 0.252. The van der Waals surface area contributed by atoms with Crippen molar-refractivity contribution in [3.05, 3.63) is 193 Å². The highest BCUT2D eigenvalue weighted by Crippen LogP contribution is 2.38. The Morgan fingerprint density at radius 3 is 1.98 bits per heavy atom. The predicted octanol–water partition coefficient (Wildman–Crippen LogP) is 10.3. The van der Waals surface area contributed by atoms with Crippen LogP contribution in [0.25, 0.3) is 49.7 Å². The molecule has 0 radical (unpaired) electrons. The molecule has 1 unspecified atom stereocenters. The van der Waals surface area contributed by atoms with Gasteiger partial charge in [-0.2, -0.15) is 0 Å². The first-order valence-corrected chi connectivity index (χ1v) is 16.6. The Morgan fingerprint density at radius 2 is 1.24 bits per heavy atom. The Morgan fingerprint density at radius 1 is 0.580 bits per heavy atom. The van der Waals surface area contributed by atoms with Gasteiger partial charge in [-0.3, -0.25) is 0 Å². The Kier molecular flexibility index (Phi) is 8.31. The smallest absolute Gasteiger partial charge is 0.156 e. The number of aromatic hydroxyl groups is 1. The second-order valence-corrected chi connectivity index (χ2v) is 12.2. The number of rotatable bonds is 7. The van der Waals surface area contributed by atoms with E-state index < -0.39 is 6.17 Å². The molecule has 0 amide bonds. The van der Waals surface area contributed by atoms with E-state index in [0.717, 1.165) is 60.9 Å². The molecule has 0 spiro atoms. The topological polar surface area (TPSA) is 75.9 Å². The number of fused-ring (bicyclic) bond motifs is 3. The normalized spacial score (nSPS) is 12.5. The number of nitrogens with two attached hydrogens (primary N) is 1. The van der Waals surface area contributed by atoms with Gasteiger partial charge < -0.3 is 15.4 Å². The van der Waals surface area contributed by atoms with Gasteiger partial charge in [-0.25, -0.2) is 9.98 Å². The monoisotopic (exact) mass is 646 g/mol. The summed E-state index contributed by atoms with van der Waals surface area (Å²) in [6, 6.07) is 59.1. The molecule has 7 aromatic carbocycles. The van der Waals surface area contributed by atoms with Crippen molar-refractivity contribution < 1.29 is 5.11 Å². The third kappa shape index (κ3) is 6.10. The Bertz CT molecular complexity index is 2480. The number of phenolic OH excluding ortho intramolecular Hbond substituents is 1. The highest BCUT2D eigenvalue weighted by atomic mass is 16.3. The zero-order valence-electron chi connectivity index (χ0n) is 27.3. The molecule has 0 saturated heterocycles. The van der Waals surface area contributed by atoms with E-state index in [2.05, 4.69) is 89.5 Å². The maximum atomic E-state index is 10.7. The molecule has 8 aromatic rings. The number of amidine groups is 1. The van der Waals surface area contributed by atoms with Crippen LogP contribution < -0.4 is 5.73 Å². The van der Waals surface area contributed by atoms with Crippen LogP contribution in [0.3, 0.4) is 0 Å². The van der Waals surface area contributed by atoms with Gasteiger partial charge in [0.15, 0.2) is 5.84 Å². The average Bonchev–Trinajstić information content (AvgIpc) is 3.50. The molecule has 240 valence electrons. The van der Waals surface area contributed by atoms with Crippen LogP contribution in [0, 0.1) is 0 Å². The molecular weight excluding hydrogens is 613 g/mol. The summed E-state index contributed by atoms with van der Waals surface area (Å²) in [4.78, 5) is 9.71. The van der Waals surface area contributed by atoms with E-state index in [0.29, 0.717) is 5.84 Å². The van der Waals surface area contributed by atoms with Gasteiger partial charge in [0, 0.05) is 33.8 Å². The Balaban J connectivity index is 1.26. The molecule has 0 aliphatic rings. The van der Waals surface area contributed by atoms with E-state index in [4.69, 9.17) is 15.7 Å². The fraction of sp³-hybridized carbons (Fsp3) is 0.0222. The quantitative estimate of drug-likeness (QED) is 0.134. The highest BCUT2D eigenvalue weighted by Gasteiger charge is 2.16. The minimum atomic E-state index is -0.567. The number of hydrogen-bond acceptors (Lipinski definition) is 3. The second-order valence-electron chi connectivity index (χ2n) is 12.2. The van der Waals surface area contributed by atoms with Crippen LogP contribution >= 0.6 is 0 Å². The highest BCUT2D eigenvalue weighted by molar-refractivity contribution is 6.11. The fourth-order valence-corrected chi connectivity index (χ4v) is 6.47. The lowest BCUT2D eigenvalue weighted by atomic mass is 10.0. The van der Waals surface area contributed by atoms with Crippen LogP contribution in [-0.2, 0) is 0 Å². The van der Waals surface area contributed by atoms with E-state index in [1.165, 1.54) is 5.56 Å². The van der Waals surface area contributed by atoms with Gasteiger partial charge in [-0.1, -0.05) is 127 Å². The lowest BCUT2D eigenvalue weighted by Crippen LogP contribution is -2.11. The number of aliphatic imine (C=N–C) groups is 2. The van der Waals surface area contributed by atoms with Crippen LogP contribution in [0.1, 0.15) is 22.9 Å². The maximum Gasteiger partial charge on any atom is 0.156 e. The van der Waals surface area contributed by atoms with Crippen molar-refractivity contribution in [2.24, 2.45) is 15.7 Å². The summed E-state index contributed by atoms with van der Waals surface area (Å²) in [5.41, 5.74) is 16.5. The lowest BCUT2D eigenvalue weighted by Gasteiger charge is -2.12. The molecule has 0 bridgehead atoms. The van der Waals surface area contributed by atoms with Crippen molar-refractivity contribution in [3.8, 4) is 33.7 Å². The Hall–Kier alpha value is -6.56. The summed E-state index contributed by atoms with van der Waals surface area (Å²) in [6.07, 6.45) is 1.25. The standard InChI is InChI=1S/C45H34N4O/c46-44(33-16-8-3-9-17-33)48-45(47-30-31-12-4-1-5-13-31)34-20-24-37(25-21-34)49-41-27-23-35(32-14-6-2-7-15-32)28-40(41)39-26-22-36(29-42(39)49)38-18-10-11-19-43(38)50/h1-30,44,50H,46H2. The zero-order chi connectivity index (χ0) is 33.9. The number of nitrogens with zero attached hydrogens (tertiary/aromatic N) is 3. The largest absolute Gasteiger partial charge is 0.507 e. The molecule has 1 heterocycles. The van der Waals surface area contributed by atoms with Crippen molar-refractivity contribution in [1.82, 2.24) is 4.57 Å². The summed E-state index contributed by atoms with van der Waals surface area (Å²) in [7, 11) is 0. The zero-order valence-corrected chi connectivity index (χ0v) is 27.3. The number of para-hydroxylation sites is 1. The summed E-state index contributed by atoms with van der Waals surface area (Å²) in [6.45, 7) is 0. The van der Waals surface area contributed by atoms with Crippen molar-refractivity contribution in [2.75, 3.05) is 0 Å². The first-order valence-electron chi connectivity index (χ1n) is 16.6. The summed E-state index contributed by atoms with van der Waals surface area (Å²) in [5, 5.41) is 13.0. The third-order valence-corrected chi connectivity index (χ3v) is 9.01. The van der Waals surface area contributed by atoms with Crippen molar-refractivity contribution in [2.45, 2.75) is 6.17 Å². The first kappa shape index (κ1) is 30.8.